The van der Waals surface area contributed by atoms with E-state index in [2.05, 4.69) is 5.32 Å². The van der Waals surface area contributed by atoms with Gasteiger partial charge in [-0.3, -0.25) is 4.79 Å². The SMILES string of the molecule is COc1ccc(OC)c(NC(=O)C(C)OC(=O)c2oc3c(F)cccc3c2C)c1. The van der Waals surface area contributed by atoms with E-state index in [1.54, 1.807) is 31.2 Å². The van der Waals surface area contributed by atoms with Crippen LogP contribution in [0, 0.1) is 12.7 Å². The van der Waals surface area contributed by atoms with Gasteiger partial charge in [-0.25, -0.2) is 9.18 Å². The Balaban J connectivity index is 1.76. The highest BCUT2D eigenvalue weighted by Gasteiger charge is 2.25. The van der Waals surface area contributed by atoms with Gasteiger partial charge in [0.15, 0.2) is 17.5 Å². The molecule has 8 heteroatoms. The molecule has 1 atom stereocenters. The fourth-order valence-electron chi connectivity index (χ4n) is 2.82. The van der Waals surface area contributed by atoms with Crippen molar-refractivity contribution in [1.29, 1.82) is 0 Å². The molecule has 1 aromatic heterocycles. The first-order valence-electron chi connectivity index (χ1n) is 8.77. The number of hydrogen-bond donors (Lipinski definition) is 1. The number of nitrogens with one attached hydrogen (secondary N) is 1. The van der Waals surface area contributed by atoms with Crippen molar-refractivity contribution in [1.82, 2.24) is 0 Å². The van der Waals surface area contributed by atoms with Crippen molar-refractivity contribution < 1.29 is 32.6 Å². The molecule has 0 radical (unpaired) electrons. The Morgan fingerprint density at radius 2 is 1.90 bits per heavy atom. The van der Waals surface area contributed by atoms with Crippen LogP contribution in [0.25, 0.3) is 11.0 Å². The van der Waals surface area contributed by atoms with Crippen molar-refractivity contribution in [3.8, 4) is 11.5 Å². The van der Waals surface area contributed by atoms with E-state index in [0.717, 1.165) is 0 Å². The van der Waals surface area contributed by atoms with Crippen LogP contribution < -0.4 is 14.8 Å². The molecular formula is C21H20FNO6. The molecule has 0 saturated heterocycles. The van der Waals surface area contributed by atoms with Crippen molar-refractivity contribution in [2.45, 2.75) is 20.0 Å². The molecule has 2 aromatic carbocycles. The van der Waals surface area contributed by atoms with E-state index in [1.807, 2.05) is 0 Å². The van der Waals surface area contributed by atoms with Crippen LogP contribution in [0.5, 0.6) is 11.5 Å². The summed E-state index contributed by atoms with van der Waals surface area (Å²) in [4.78, 5) is 25.0. The summed E-state index contributed by atoms with van der Waals surface area (Å²) in [5, 5.41) is 3.10. The van der Waals surface area contributed by atoms with E-state index < -0.39 is 23.8 Å². The molecule has 0 bridgehead atoms. The lowest BCUT2D eigenvalue weighted by Gasteiger charge is -2.15. The first kappa shape index (κ1) is 20.2. The van der Waals surface area contributed by atoms with Gasteiger partial charge in [-0.1, -0.05) is 12.1 Å². The highest BCUT2D eigenvalue weighted by molar-refractivity contribution is 6.00. The number of furan rings is 1. The Kier molecular flexibility index (Phi) is 5.72. The summed E-state index contributed by atoms with van der Waals surface area (Å²) >= 11 is 0. The number of aryl methyl sites for hydroxylation is 1. The fourth-order valence-corrected chi connectivity index (χ4v) is 2.82. The molecule has 1 N–H and O–H groups in total. The zero-order chi connectivity index (χ0) is 21.1. The third-order valence-corrected chi connectivity index (χ3v) is 4.42. The maximum atomic E-state index is 13.9. The number of hydrogen-bond acceptors (Lipinski definition) is 6. The Bertz CT molecular complexity index is 1070. The van der Waals surface area contributed by atoms with Crippen LogP contribution in [0.4, 0.5) is 10.1 Å². The van der Waals surface area contributed by atoms with E-state index >= 15 is 0 Å². The number of carbonyl (C=O) groups is 2. The molecular weight excluding hydrogens is 381 g/mol. The summed E-state index contributed by atoms with van der Waals surface area (Å²) in [5.41, 5.74) is 0.767. The molecule has 0 spiro atoms. The fraction of sp³-hybridized carbons (Fsp3) is 0.238. The number of esters is 1. The molecule has 3 rings (SSSR count). The molecule has 1 unspecified atom stereocenters. The number of rotatable bonds is 6. The molecule has 29 heavy (non-hydrogen) atoms. The number of para-hydroxylation sites is 1. The van der Waals surface area contributed by atoms with Gasteiger partial charge in [0.05, 0.1) is 19.9 Å². The van der Waals surface area contributed by atoms with Crippen molar-refractivity contribution >= 4 is 28.5 Å². The topological polar surface area (TPSA) is 87.0 Å². The van der Waals surface area contributed by atoms with Crippen LogP contribution >= 0.6 is 0 Å². The molecule has 7 nitrogen and oxygen atoms in total. The van der Waals surface area contributed by atoms with E-state index in [1.165, 1.54) is 33.3 Å². The lowest BCUT2D eigenvalue weighted by atomic mass is 10.1. The molecule has 1 amide bonds. The third-order valence-electron chi connectivity index (χ3n) is 4.42. The van der Waals surface area contributed by atoms with Crippen LogP contribution in [-0.4, -0.2) is 32.2 Å². The van der Waals surface area contributed by atoms with Gasteiger partial charge in [0.2, 0.25) is 5.76 Å². The van der Waals surface area contributed by atoms with Gasteiger partial charge in [0.1, 0.15) is 11.5 Å². The minimum absolute atomic E-state index is 0.0322. The van der Waals surface area contributed by atoms with Gasteiger partial charge < -0.3 is 23.9 Å². The van der Waals surface area contributed by atoms with Crippen LogP contribution in [0.15, 0.2) is 40.8 Å². The number of methoxy groups -OCH3 is 2. The number of halogens is 1. The number of amides is 1. The Hall–Kier alpha value is -3.55. The van der Waals surface area contributed by atoms with Crippen LogP contribution in [-0.2, 0) is 9.53 Å². The Morgan fingerprint density at radius 3 is 2.55 bits per heavy atom. The predicted molar refractivity (Wildman–Crippen MR) is 104 cm³/mol. The van der Waals surface area contributed by atoms with E-state index in [4.69, 9.17) is 18.6 Å². The molecule has 1 heterocycles. The second-order valence-electron chi connectivity index (χ2n) is 6.28. The van der Waals surface area contributed by atoms with Gasteiger partial charge in [-0.2, -0.15) is 0 Å². The van der Waals surface area contributed by atoms with Gasteiger partial charge >= 0.3 is 5.97 Å². The molecule has 0 aliphatic carbocycles. The monoisotopic (exact) mass is 401 g/mol. The number of benzene rings is 2. The Morgan fingerprint density at radius 1 is 1.14 bits per heavy atom. The summed E-state index contributed by atoms with van der Waals surface area (Å²) in [7, 11) is 2.96. The van der Waals surface area contributed by atoms with Crippen molar-refractivity contribution in [2.24, 2.45) is 0 Å². The average molecular weight is 401 g/mol. The van der Waals surface area contributed by atoms with Crippen molar-refractivity contribution in [3.63, 3.8) is 0 Å². The maximum Gasteiger partial charge on any atom is 0.375 e. The standard InChI is InChI=1S/C21H20FNO6/c1-11-14-6-5-7-15(22)19(14)29-18(11)21(25)28-12(2)20(24)23-16-10-13(26-3)8-9-17(16)27-4/h5-10,12H,1-4H3,(H,23,24). The minimum atomic E-state index is -1.14. The molecule has 0 aliphatic heterocycles. The summed E-state index contributed by atoms with van der Waals surface area (Å²) < 4.78 is 34.8. The minimum Gasteiger partial charge on any atom is -0.497 e. The number of ether oxygens (including phenoxy) is 3. The van der Waals surface area contributed by atoms with Gasteiger partial charge in [-0.15, -0.1) is 0 Å². The van der Waals surface area contributed by atoms with Gasteiger partial charge in [0, 0.05) is 17.0 Å². The number of carbonyl (C=O) groups excluding carboxylic acids is 2. The lowest BCUT2D eigenvalue weighted by Crippen LogP contribution is -2.30. The highest BCUT2D eigenvalue weighted by Crippen LogP contribution is 2.30. The number of fused-ring (bicyclic) bond motifs is 1. The Labute approximate surface area is 166 Å². The lowest BCUT2D eigenvalue weighted by molar-refractivity contribution is -0.123. The highest BCUT2D eigenvalue weighted by atomic mass is 19.1. The maximum absolute atomic E-state index is 13.9. The molecule has 0 fully saturated rings. The van der Waals surface area contributed by atoms with Gasteiger partial charge in [-0.05, 0) is 32.0 Å². The quantitative estimate of drug-likeness (QED) is 0.627. The normalized spacial score (nSPS) is 11.8. The van der Waals surface area contributed by atoms with E-state index in [-0.39, 0.29) is 11.3 Å². The van der Waals surface area contributed by atoms with Crippen LogP contribution in [0.2, 0.25) is 0 Å². The smallest absolute Gasteiger partial charge is 0.375 e. The molecule has 0 aliphatic rings. The predicted octanol–water partition coefficient (Wildman–Crippen LogP) is 4.08. The van der Waals surface area contributed by atoms with E-state index in [0.29, 0.717) is 28.1 Å². The largest absolute Gasteiger partial charge is 0.497 e. The van der Waals surface area contributed by atoms with E-state index in [9.17, 15) is 14.0 Å². The third kappa shape index (κ3) is 4.01. The average Bonchev–Trinajstić information content (AvgIpc) is 3.06. The van der Waals surface area contributed by atoms with Crippen LogP contribution in [0.3, 0.4) is 0 Å². The van der Waals surface area contributed by atoms with Crippen molar-refractivity contribution in [3.05, 3.63) is 53.5 Å². The van der Waals surface area contributed by atoms with Gasteiger partial charge in [0.25, 0.3) is 5.91 Å². The molecule has 152 valence electrons. The van der Waals surface area contributed by atoms with Crippen molar-refractivity contribution in [2.75, 3.05) is 19.5 Å². The second-order valence-corrected chi connectivity index (χ2v) is 6.28. The summed E-state index contributed by atoms with van der Waals surface area (Å²) in [6.07, 6.45) is -1.14. The number of anilines is 1. The first-order chi connectivity index (χ1) is 13.8. The zero-order valence-corrected chi connectivity index (χ0v) is 16.4. The zero-order valence-electron chi connectivity index (χ0n) is 16.4. The summed E-state index contributed by atoms with van der Waals surface area (Å²) in [6, 6.07) is 9.29. The summed E-state index contributed by atoms with van der Waals surface area (Å²) in [5.74, 6) is -1.24. The summed E-state index contributed by atoms with van der Waals surface area (Å²) in [6.45, 7) is 3.03. The molecule has 0 saturated carbocycles. The first-order valence-corrected chi connectivity index (χ1v) is 8.77. The molecule has 3 aromatic rings. The second kappa shape index (κ2) is 8.22. The van der Waals surface area contributed by atoms with Crippen LogP contribution in [0.1, 0.15) is 23.0 Å².